The Morgan fingerprint density at radius 2 is 1.37 bits per heavy atom. The quantitative estimate of drug-likeness (QED) is 0.253. The van der Waals surface area contributed by atoms with Crippen molar-refractivity contribution in [1.82, 2.24) is 0 Å². The smallest absolute Gasteiger partial charge is 0.186 e. The SMILES string of the molecule is COc1cc([C@@H](CCO[C@@H]2O[C@H](CO)[C@H](O)[C@H]2O)[C@@H](CCO)c2ccc(O)c(OC)c2)ccc1O. The van der Waals surface area contributed by atoms with E-state index in [0.29, 0.717) is 24.3 Å². The number of methoxy groups -OCH3 is 2. The molecule has 1 aliphatic heterocycles. The van der Waals surface area contributed by atoms with Gasteiger partial charge in [-0.05, 0) is 60.1 Å². The summed E-state index contributed by atoms with van der Waals surface area (Å²) in [5.74, 6) is 0.0935. The summed E-state index contributed by atoms with van der Waals surface area (Å²) in [6.45, 7) is -0.428. The molecule has 0 radical (unpaired) electrons. The minimum absolute atomic E-state index is 0.00505. The second-order valence-corrected chi connectivity index (χ2v) is 8.45. The molecule has 6 N–H and O–H groups in total. The number of hydrogen-bond acceptors (Lipinski definition) is 10. The van der Waals surface area contributed by atoms with Crippen molar-refractivity contribution in [3.63, 3.8) is 0 Å². The average Bonchev–Trinajstić information content (AvgIpc) is 3.14. The molecule has 194 valence electrons. The molecule has 35 heavy (non-hydrogen) atoms. The summed E-state index contributed by atoms with van der Waals surface area (Å²) in [5, 5.41) is 59.4. The van der Waals surface area contributed by atoms with Gasteiger partial charge in [0.2, 0.25) is 0 Å². The molecule has 3 rings (SSSR count). The number of ether oxygens (including phenoxy) is 4. The van der Waals surface area contributed by atoms with Crippen LogP contribution in [0, 0.1) is 0 Å². The first-order valence-electron chi connectivity index (χ1n) is 11.4. The van der Waals surface area contributed by atoms with Crippen molar-refractivity contribution in [2.24, 2.45) is 0 Å². The fraction of sp³-hybridized carbons (Fsp3) is 0.520. The summed E-state index contributed by atoms with van der Waals surface area (Å²) in [4.78, 5) is 0. The minimum Gasteiger partial charge on any atom is -0.504 e. The van der Waals surface area contributed by atoms with Crippen molar-refractivity contribution < 1.29 is 49.6 Å². The lowest BCUT2D eigenvalue weighted by Crippen LogP contribution is -2.34. The van der Waals surface area contributed by atoms with Gasteiger partial charge in [-0.25, -0.2) is 0 Å². The van der Waals surface area contributed by atoms with Crippen molar-refractivity contribution in [3.05, 3.63) is 47.5 Å². The predicted octanol–water partition coefficient (Wildman–Crippen LogP) is 1.21. The third-order valence-electron chi connectivity index (χ3n) is 6.40. The molecule has 0 aliphatic carbocycles. The van der Waals surface area contributed by atoms with Crippen LogP contribution in [0.25, 0.3) is 0 Å². The first-order valence-corrected chi connectivity index (χ1v) is 11.4. The number of hydrogen-bond donors (Lipinski definition) is 6. The van der Waals surface area contributed by atoms with E-state index < -0.39 is 31.2 Å². The Morgan fingerprint density at radius 3 is 1.83 bits per heavy atom. The third kappa shape index (κ3) is 6.16. The van der Waals surface area contributed by atoms with Crippen molar-refractivity contribution >= 4 is 0 Å². The maximum atomic E-state index is 10.2. The van der Waals surface area contributed by atoms with Crippen molar-refractivity contribution in [2.75, 3.05) is 34.0 Å². The lowest BCUT2D eigenvalue weighted by atomic mass is 9.77. The molecular weight excluding hydrogens is 460 g/mol. The summed E-state index contributed by atoms with van der Waals surface area (Å²) in [6.07, 6.45) is -3.78. The minimum atomic E-state index is -1.30. The first-order chi connectivity index (χ1) is 16.8. The Kier molecular flexibility index (Phi) is 9.55. The van der Waals surface area contributed by atoms with Crippen LogP contribution in [-0.4, -0.2) is 89.3 Å². The maximum absolute atomic E-state index is 10.2. The molecule has 1 fully saturated rings. The zero-order valence-electron chi connectivity index (χ0n) is 19.8. The zero-order valence-corrected chi connectivity index (χ0v) is 19.8. The Morgan fingerprint density at radius 1 is 0.829 bits per heavy atom. The van der Waals surface area contributed by atoms with Gasteiger partial charge in [-0.15, -0.1) is 0 Å². The van der Waals surface area contributed by atoms with Gasteiger partial charge in [-0.1, -0.05) is 12.1 Å². The Bertz CT molecular complexity index is 952. The predicted molar refractivity (Wildman–Crippen MR) is 125 cm³/mol. The van der Waals surface area contributed by atoms with Gasteiger partial charge in [-0.2, -0.15) is 0 Å². The molecule has 0 unspecified atom stereocenters. The fourth-order valence-electron chi connectivity index (χ4n) is 4.50. The molecule has 10 nitrogen and oxygen atoms in total. The maximum Gasteiger partial charge on any atom is 0.186 e. The van der Waals surface area contributed by atoms with Gasteiger partial charge in [0.1, 0.15) is 18.3 Å². The highest BCUT2D eigenvalue weighted by Gasteiger charge is 2.43. The largest absolute Gasteiger partial charge is 0.504 e. The monoisotopic (exact) mass is 494 g/mol. The second kappa shape index (κ2) is 12.4. The first kappa shape index (κ1) is 27.0. The number of rotatable bonds is 12. The van der Waals surface area contributed by atoms with Gasteiger partial charge in [0, 0.05) is 6.61 Å². The highest BCUT2D eigenvalue weighted by molar-refractivity contribution is 5.46. The molecule has 6 atom stereocenters. The number of phenols is 2. The lowest BCUT2D eigenvalue weighted by Gasteiger charge is -2.29. The van der Waals surface area contributed by atoms with Gasteiger partial charge < -0.3 is 49.6 Å². The Labute approximate surface area is 203 Å². The van der Waals surface area contributed by atoms with Crippen molar-refractivity contribution in [1.29, 1.82) is 0 Å². The summed E-state index contributed by atoms with van der Waals surface area (Å²) in [5.41, 5.74) is 1.63. The second-order valence-electron chi connectivity index (χ2n) is 8.45. The molecule has 1 heterocycles. The highest BCUT2D eigenvalue weighted by Crippen LogP contribution is 2.43. The third-order valence-corrected chi connectivity index (χ3v) is 6.40. The highest BCUT2D eigenvalue weighted by atomic mass is 16.7. The van der Waals surface area contributed by atoms with E-state index >= 15 is 0 Å². The molecule has 0 bridgehead atoms. The lowest BCUT2D eigenvalue weighted by molar-refractivity contribution is -0.170. The number of benzene rings is 2. The van der Waals surface area contributed by atoms with E-state index in [2.05, 4.69) is 0 Å². The van der Waals surface area contributed by atoms with E-state index in [4.69, 9.17) is 18.9 Å². The molecule has 0 spiro atoms. The number of aromatic hydroxyl groups is 2. The van der Waals surface area contributed by atoms with Gasteiger partial charge >= 0.3 is 0 Å². The fourth-order valence-corrected chi connectivity index (χ4v) is 4.50. The molecular formula is C25H34O10. The summed E-state index contributed by atoms with van der Waals surface area (Å²) in [6, 6.07) is 10.0. The summed E-state index contributed by atoms with van der Waals surface area (Å²) < 4.78 is 21.7. The normalized spacial score (nSPS) is 23.7. The van der Waals surface area contributed by atoms with E-state index in [1.54, 1.807) is 24.3 Å². The van der Waals surface area contributed by atoms with Crippen LogP contribution in [0.2, 0.25) is 0 Å². The van der Waals surface area contributed by atoms with Crippen molar-refractivity contribution in [2.45, 2.75) is 49.3 Å². The van der Waals surface area contributed by atoms with Crippen LogP contribution in [0.15, 0.2) is 36.4 Å². The Hall–Kier alpha value is -2.60. The summed E-state index contributed by atoms with van der Waals surface area (Å²) >= 11 is 0. The summed E-state index contributed by atoms with van der Waals surface area (Å²) in [7, 11) is 2.91. The van der Waals surface area contributed by atoms with Crippen molar-refractivity contribution in [3.8, 4) is 23.0 Å². The van der Waals surface area contributed by atoms with Crippen LogP contribution >= 0.6 is 0 Å². The van der Waals surface area contributed by atoms with E-state index in [9.17, 15) is 30.6 Å². The topological polar surface area (TPSA) is 158 Å². The zero-order chi connectivity index (χ0) is 25.5. The average molecular weight is 495 g/mol. The van der Waals surface area contributed by atoms with Crippen LogP contribution in [0.3, 0.4) is 0 Å². The van der Waals surface area contributed by atoms with Crippen LogP contribution in [-0.2, 0) is 9.47 Å². The molecule has 0 saturated carbocycles. The van der Waals surface area contributed by atoms with Gasteiger partial charge in [0.25, 0.3) is 0 Å². The van der Waals surface area contributed by atoms with Crippen LogP contribution < -0.4 is 9.47 Å². The number of aliphatic hydroxyl groups excluding tert-OH is 4. The van der Waals surface area contributed by atoms with Crippen LogP contribution in [0.5, 0.6) is 23.0 Å². The molecule has 2 aromatic rings. The van der Waals surface area contributed by atoms with E-state index in [-0.39, 0.29) is 36.5 Å². The molecule has 0 aromatic heterocycles. The molecule has 0 amide bonds. The van der Waals surface area contributed by atoms with Crippen LogP contribution in [0.4, 0.5) is 0 Å². The van der Waals surface area contributed by atoms with E-state index in [1.807, 2.05) is 0 Å². The van der Waals surface area contributed by atoms with Gasteiger partial charge in [-0.3, -0.25) is 0 Å². The van der Waals surface area contributed by atoms with E-state index in [0.717, 1.165) is 11.1 Å². The van der Waals surface area contributed by atoms with Gasteiger partial charge in [0.05, 0.1) is 27.4 Å². The molecule has 1 saturated heterocycles. The number of phenolic OH excluding ortho intramolecular Hbond substituents is 2. The van der Waals surface area contributed by atoms with Crippen LogP contribution in [0.1, 0.15) is 35.8 Å². The number of aliphatic hydroxyl groups is 4. The molecule has 10 heteroatoms. The standard InChI is InChI=1S/C25H34O10/c1-32-20-11-14(3-5-18(20)28)16(7-9-26)17(15-4-6-19(29)21(12-15)33-2)8-10-34-25-24(31)23(30)22(13-27)35-25/h3-6,11-12,16-17,22-31H,7-10,13H2,1-2H3/t16-,17+,22+,23-,24+,25+/m0/s1. The van der Waals surface area contributed by atoms with Gasteiger partial charge in [0.15, 0.2) is 29.3 Å². The molecule has 2 aromatic carbocycles. The van der Waals surface area contributed by atoms with E-state index in [1.165, 1.54) is 26.4 Å². The molecule has 1 aliphatic rings. The Balaban J connectivity index is 1.89.